The van der Waals surface area contributed by atoms with Gasteiger partial charge in [-0.3, -0.25) is 4.79 Å². The first-order valence-electron chi connectivity index (χ1n) is 4.59. The minimum Gasteiger partial charge on any atom is -0.478 e. The van der Waals surface area contributed by atoms with E-state index in [1.165, 1.54) is 25.1 Å². The zero-order chi connectivity index (χ0) is 12.3. The number of hydrogen-bond donors (Lipinski definition) is 2. The molecular weight excluding hydrogens is 232 g/mol. The molecule has 0 aliphatic carbocycles. The lowest BCUT2D eigenvalue weighted by atomic mass is 9.99. The average molecular weight is 243 g/mol. The molecule has 4 nitrogen and oxygen atoms in total. The Morgan fingerprint density at radius 3 is 2.50 bits per heavy atom. The largest absolute Gasteiger partial charge is 0.478 e. The number of Topliss-reactive ketones (excluding diaryl/α,β-unsaturated/α-hetero) is 1. The Balaban J connectivity index is 3.30. The van der Waals surface area contributed by atoms with E-state index in [0.717, 1.165) is 0 Å². The van der Waals surface area contributed by atoms with Gasteiger partial charge < -0.3 is 10.2 Å². The monoisotopic (exact) mass is 242 g/mol. The van der Waals surface area contributed by atoms with Crippen LogP contribution in [0.2, 0.25) is 0 Å². The van der Waals surface area contributed by atoms with Gasteiger partial charge in [-0.2, -0.15) is 0 Å². The third-order valence-corrected chi connectivity index (χ3v) is 2.70. The summed E-state index contributed by atoms with van der Waals surface area (Å²) in [5, 5.41) is 16.9. The summed E-state index contributed by atoms with van der Waals surface area (Å²) in [7, 11) is 0. The van der Waals surface area contributed by atoms with Crippen molar-refractivity contribution in [3.63, 3.8) is 0 Å². The van der Waals surface area contributed by atoms with Gasteiger partial charge in [-0.1, -0.05) is 12.1 Å². The third kappa shape index (κ3) is 2.59. The van der Waals surface area contributed by atoms with Crippen LogP contribution in [0, 0.1) is 0 Å². The molecule has 1 aromatic carbocycles. The van der Waals surface area contributed by atoms with Crippen LogP contribution in [0.4, 0.5) is 0 Å². The number of aromatic carboxylic acids is 1. The van der Waals surface area contributed by atoms with Gasteiger partial charge in [-0.25, -0.2) is 4.79 Å². The van der Waals surface area contributed by atoms with E-state index in [1.807, 2.05) is 0 Å². The van der Waals surface area contributed by atoms with Crippen LogP contribution in [-0.2, 0) is 11.4 Å². The van der Waals surface area contributed by atoms with Crippen molar-refractivity contribution >= 4 is 23.4 Å². The number of carboxylic acid groups (broad SMARTS) is 1. The number of aliphatic hydroxyl groups is 1. The lowest BCUT2D eigenvalue weighted by Gasteiger charge is -2.11. The van der Waals surface area contributed by atoms with Crippen LogP contribution in [0.25, 0.3) is 0 Å². The lowest BCUT2D eigenvalue weighted by Crippen LogP contribution is -2.10. The van der Waals surface area contributed by atoms with Gasteiger partial charge in [0.15, 0.2) is 5.78 Å². The Bertz CT molecular complexity index is 428. The van der Waals surface area contributed by atoms with Crippen LogP contribution >= 0.6 is 11.6 Å². The molecule has 0 aliphatic heterocycles. The van der Waals surface area contributed by atoms with E-state index >= 15 is 0 Å². The lowest BCUT2D eigenvalue weighted by molar-refractivity contribution is -0.116. The molecule has 0 heterocycles. The van der Waals surface area contributed by atoms with E-state index in [-0.39, 0.29) is 23.5 Å². The Morgan fingerprint density at radius 1 is 1.44 bits per heavy atom. The first-order valence-corrected chi connectivity index (χ1v) is 5.02. The zero-order valence-electron chi connectivity index (χ0n) is 8.61. The molecule has 0 bridgehead atoms. The molecule has 1 rings (SSSR count). The standard InChI is InChI=1S/C11H11ClO4/c1-6(14)10(12)9-4-7(5-13)2-3-8(9)11(15)16/h2-4,10,13H,5H2,1H3,(H,15,16). The van der Waals surface area contributed by atoms with Crippen molar-refractivity contribution in [2.75, 3.05) is 0 Å². The number of rotatable bonds is 4. The van der Waals surface area contributed by atoms with Crippen LogP contribution in [0.5, 0.6) is 0 Å². The topological polar surface area (TPSA) is 74.6 Å². The molecule has 0 amide bonds. The summed E-state index contributed by atoms with van der Waals surface area (Å²) < 4.78 is 0. The van der Waals surface area contributed by atoms with Gasteiger partial charge in [-0.15, -0.1) is 11.6 Å². The highest BCUT2D eigenvalue weighted by atomic mass is 35.5. The number of halogens is 1. The minimum absolute atomic E-state index is 0.0209. The maximum atomic E-state index is 11.1. The number of alkyl halides is 1. The van der Waals surface area contributed by atoms with E-state index in [4.69, 9.17) is 21.8 Å². The van der Waals surface area contributed by atoms with Crippen molar-refractivity contribution in [1.29, 1.82) is 0 Å². The predicted molar refractivity (Wildman–Crippen MR) is 58.6 cm³/mol. The number of carbonyl (C=O) groups excluding carboxylic acids is 1. The summed E-state index contributed by atoms with van der Waals surface area (Å²) >= 11 is 5.82. The zero-order valence-corrected chi connectivity index (χ0v) is 9.36. The molecule has 1 aromatic rings. The molecule has 0 fully saturated rings. The van der Waals surface area contributed by atoms with Gasteiger partial charge in [0.05, 0.1) is 12.2 Å². The molecule has 5 heteroatoms. The Labute approximate surface area is 97.5 Å². The molecule has 0 spiro atoms. The maximum absolute atomic E-state index is 11.1. The van der Waals surface area contributed by atoms with E-state index in [0.29, 0.717) is 5.56 Å². The summed E-state index contributed by atoms with van der Waals surface area (Å²) in [4.78, 5) is 22.0. The van der Waals surface area contributed by atoms with Crippen molar-refractivity contribution in [3.05, 3.63) is 34.9 Å². The molecule has 0 saturated heterocycles. The number of carboxylic acids is 1. The number of hydrogen-bond acceptors (Lipinski definition) is 3. The highest BCUT2D eigenvalue weighted by Crippen LogP contribution is 2.26. The second-order valence-electron chi connectivity index (χ2n) is 3.36. The van der Waals surface area contributed by atoms with Gasteiger partial charge in [0, 0.05) is 0 Å². The molecule has 1 unspecified atom stereocenters. The fourth-order valence-electron chi connectivity index (χ4n) is 1.33. The van der Waals surface area contributed by atoms with Gasteiger partial charge in [0.2, 0.25) is 0 Å². The number of aliphatic hydroxyl groups excluding tert-OH is 1. The SMILES string of the molecule is CC(=O)C(Cl)c1cc(CO)ccc1C(=O)O. The Kier molecular flexibility index (Phi) is 4.04. The molecule has 86 valence electrons. The quantitative estimate of drug-likeness (QED) is 0.789. The normalized spacial score (nSPS) is 12.2. The van der Waals surface area contributed by atoms with Crippen molar-refractivity contribution in [2.24, 2.45) is 0 Å². The highest BCUT2D eigenvalue weighted by Gasteiger charge is 2.20. The van der Waals surface area contributed by atoms with Crippen LogP contribution in [0.15, 0.2) is 18.2 Å². The van der Waals surface area contributed by atoms with Crippen LogP contribution in [-0.4, -0.2) is 22.0 Å². The van der Waals surface area contributed by atoms with Gasteiger partial charge in [-0.05, 0) is 24.1 Å². The molecule has 16 heavy (non-hydrogen) atoms. The van der Waals surface area contributed by atoms with Crippen LogP contribution < -0.4 is 0 Å². The molecule has 0 aliphatic rings. The van der Waals surface area contributed by atoms with E-state index in [9.17, 15) is 9.59 Å². The third-order valence-electron chi connectivity index (χ3n) is 2.16. The van der Waals surface area contributed by atoms with Gasteiger partial charge >= 0.3 is 5.97 Å². The fraction of sp³-hybridized carbons (Fsp3) is 0.273. The summed E-state index contributed by atoms with van der Waals surface area (Å²) in [6, 6.07) is 4.25. The van der Waals surface area contributed by atoms with Crippen molar-refractivity contribution in [2.45, 2.75) is 18.9 Å². The highest BCUT2D eigenvalue weighted by molar-refractivity contribution is 6.31. The molecule has 0 radical (unpaired) electrons. The molecule has 0 aromatic heterocycles. The summed E-state index contributed by atoms with van der Waals surface area (Å²) in [6.45, 7) is 1.06. The number of ketones is 1. The van der Waals surface area contributed by atoms with Gasteiger partial charge in [0.1, 0.15) is 5.38 Å². The van der Waals surface area contributed by atoms with Crippen molar-refractivity contribution in [1.82, 2.24) is 0 Å². The van der Waals surface area contributed by atoms with E-state index < -0.39 is 11.3 Å². The number of benzene rings is 1. The number of carbonyl (C=O) groups is 2. The smallest absolute Gasteiger partial charge is 0.336 e. The maximum Gasteiger partial charge on any atom is 0.336 e. The fourth-order valence-corrected chi connectivity index (χ4v) is 1.51. The second-order valence-corrected chi connectivity index (χ2v) is 3.79. The minimum atomic E-state index is -1.15. The first-order chi connectivity index (χ1) is 7.47. The molecule has 1 atom stereocenters. The summed E-state index contributed by atoms with van der Waals surface area (Å²) in [6.07, 6.45) is 0. The summed E-state index contributed by atoms with van der Waals surface area (Å²) in [5.41, 5.74) is 0.715. The van der Waals surface area contributed by atoms with E-state index in [1.54, 1.807) is 0 Å². The predicted octanol–water partition coefficient (Wildman–Crippen LogP) is 1.75. The van der Waals surface area contributed by atoms with E-state index in [2.05, 4.69) is 0 Å². The molecule has 0 saturated carbocycles. The van der Waals surface area contributed by atoms with Crippen molar-refractivity contribution < 1.29 is 19.8 Å². The first kappa shape index (κ1) is 12.7. The second kappa shape index (κ2) is 5.09. The van der Waals surface area contributed by atoms with Crippen LogP contribution in [0.1, 0.15) is 33.8 Å². The summed E-state index contributed by atoms with van der Waals surface area (Å²) in [5.74, 6) is -1.48. The molecule has 2 N–H and O–H groups in total. The molecular formula is C11H11ClO4. The van der Waals surface area contributed by atoms with Gasteiger partial charge in [0.25, 0.3) is 0 Å². The van der Waals surface area contributed by atoms with Crippen molar-refractivity contribution in [3.8, 4) is 0 Å². The average Bonchev–Trinajstić information content (AvgIpc) is 2.26. The Hall–Kier alpha value is -1.39. The van der Waals surface area contributed by atoms with Crippen LogP contribution in [0.3, 0.4) is 0 Å². The Morgan fingerprint density at radius 2 is 2.06 bits per heavy atom.